The van der Waals surface area contributed by atoms with E-state index in [0.29, 0.717) is 0 Å². The number of fused-ring (bicyclic) bond motifs is 1. The molecule has 3 fully saturated rings. The van der Waals surface area contributed by atoms with Crippen LogP contribution in [0.4, 0.5) is 0 Å². The van der Waals surface area contributed by atoms with Crippen LogP contribution >= 0.6 is 0 Å². The highest BCUT2D eigenvalue weighted by atomic mass is 16.7. The van der Waals surface area contributed by atoms with Gasteiger partial charge in [-0.15, -0.1) is 0 Å². The molecule has 7 nitrogen and oxygen atoms in total. The first-order valence-corrected chi connectivity index (χ1v) is 10.5. The summed E-state index contributed by atoms with van der Waals surface area (Å²) in [5.74, 6) is -3.01. The normalized spacial score (nSPS) is 34.2. The van der Waals surface area contributed by atoms with Crippen molar-refractivity contribution in [2.24, 2.45) is 22.7 Å². The maximum atomic E-state index is 13.4. The van der Waals surface area contributed by atoms with Crippen molar-refractivity contribution in [2.75, 3.05) is 0 Å². The first-order valence-electron chi connectivity index (χ1n) is 10.5. The number of ether oxygens (including phenoxy) is 4. The molecular weight excluding hydrogens is 388 g/mol. The van der Waals surface area contributed by atoms with E-state index < -0.39 is 70.6 Å². The number of carbonyl (C=O) groups excluding carboxylic acids is 3. The summed E-state index contributed by atoms with van der Waals surface area (Å²) in [4.78, 5) is 38.7. The van der Waals surface area contributed by atoms with Crippen molar-refractivity contribution in [1.82, 2.24) is 0 Å². The van der Waals surface area contributed by atoms with Gasteiger partial charge in [-0.05, 0) is 47.0 Å². The highest BCUT2D eigenvalue weighted by Gasteiger charge is 2.72. The molecule has 0 aromatic rings. The van der Waals surface area contributed by atoms with Gasteiger partial charge in [0.2, 0.25) is 0 Å². The van der Waals surface area contributed by atoms with Gasteiger partial charge in [0.05, 0.1) is 5.41 Å². The fourth-order valence-corrected chi connectivity index (χ4v) is 4.51. The first kappa shape index (κ1) is 22.8. The molecule has 2 bridgehead atoms. The van der Waals surface area contributed by atoms with E-state index in [9.17, 15) is 14.4 Å². The standard InChI is InChI=1S/C23H34O7/c1-11(2)10-23(9,21(3,4)5)20(26)29-17-15-13(19(25)30-22(6,7)8)12-14(27-15)16(17)28-18(12)24/h10,12-17H,1-9H3. The maximum Gasteiger partial charge on any atom is 0.316 e. The Morgan fingerprint density at radius 3 is 2.07 bits per heavy atom. The van der Waals surface area contributed by atoms with Gasteiger partial charge in [0.15, 0.2) is 12.2 Å². The van der Waals surface area contributed by atoms with Crippen molar-refractivity contribution in [2.45, 2.75) is 92.3 Å². The molecule has 0 radical (unpaired) electrons. The third-order valence-electron chi connectivity index (χ3n) is 6.39. The maximum absolute atomic E-state index is 13.4. The Hall–Kier alpha value is -1.89. The minimum absolute atomic E-state index is 0.417. The SMILES string of the molecule is CC(C)=CC(C)(C(=O)OC1C2OC(=O)C3C2OC1C3C(=O)OC(C)(C)C)C(C)(C)C. The van der Waals surface area contributed by atoms with Gasteiger partial charge in [0, 0.05) is 0 Å². The lowest BCUT2D eigenvalue weighted by Crippen LogP contribution is -2.51. The third kappa shape index (κ3) is 3.66. The summed E-state index contributed by atoms with van der Waals surface area (Å²) < 4.78 is 22.9. The van der Waals surface area contributed by atoms with E-state index in [-0.39, 0.29) is 0 Å². The van der Waals surface area contributed by atoms with Crippen molar-refractivity contribution in [1.29, 1.82) is 0 Å². The van der Waals surface area contributed by atoms with E-state index in [1.54, 1.807) is 20.8 Å². The monoisotopic (exact) mass is 422 g/mol. The fourth-order valence-electron chi connectivity index (χ4n) is 4.51. The molecule has 0 N–H and O–H groups in total. The van der Waals surface area contributed by atoms with Gasteiger partial charge in [0.25, 0.3) is 0 Å². The van der Waals surface area contributed by atoms with Crippen molar-refractivity contribution in [3.8, 4) is 0 Å². The van der Waals surface area contributed by atoms with Crippen LogP contribution in [0.5, 0.6) is 0 Å². The third-order valence-corrected chi connectivity index (χ3v) is 6.39. The van der Waals surface area contributed by atoms with Crippen molar-refractivity contribution >= 4 is 17.9 Å². The molecular formula is C23H34O7. The summed E-state index contributed by atoms with van der Waals surface area (Å²) >= 11 is 0. The number of hydrogen-bond acceptors (Lipinski definition) is 7. The first-order chi connectivity index (χ1) is 13.6. The van der Waals surface area contributed by atoms with Crippen LogP contribution in [0.2, 0.25) is 0 Å². The molecule has 0 aliphatic carbocycles. The predicted molar refractivity (Wildman–Crippen MR) is 108 cm³/mol. The quantitative estimate of drug-likeness (QED) is 0.390. The number of carbonyl (C=O) groups is 3. The topological polar surface area (TPSA) is 88.1 Å². The molecule has 3 heterocycles. The smallest absolute Gasteiger partial charge is 0.316 e. The lowest BCUT2D eigenvalue weighted by molar-refractivity contribution is -0.177. The molecule has 168 valence electrons. The molecule has 30 heavy (non-hydrogen) atoms. The second kappa shape index (κ2) is 7.08. The van der Waals surface area contributed by atoms with Gasteiger partial charge in [-0.1, -0.05) is 32.4 Å². The predicted octanol–water partition coefficient (Wildman–Crippen LogP) is 3.20. The Balaban J connectivity index is 1.89. The van der Waals surface area contributed by atoms with Crippen molar-refractivity contribution in [3.63, 3.8) is 0 Å². The van der Waals surface area contributed by atoms with E-state index in [1.165, 1.54) is 0 Å². The average Bonchev–Trinajstić information content (AvgIpc) is 3.14. The summed E-state index contributed by atoms with van der Waals surface area (Å²) in [5, 5.41) is 0. The zero-order valence-electron chi connectivity index (χ0n) is 19.4. The molecule has 7 unspecified atom stereocenters. The molecule has 3 saturated heterocycles. The lowest BCUT2D eigenvalue weighted by Gasteiger charge is -2.39. The Morgan fingerprint density at radius 1 is 0.967 bits per heavy atom. The molecule has 7 heteroatoms. The van der Waals surface area contributed by atoms with Crippen LogP contribution in [0.15, 0.2) is 11.6 Å². The van der Waals surface area contributed by atoms with E-state index in [2.05, 4.69) is 0 Å². The van der Waals surface area contributed by atoms with E-state index in [4.69, 9.17) is 18.9 Å². The highest BCUT2D eigenvalue weighted by Crippen LogP contribution is 2.52. The average molecular weight is 423 g/mol. The summed E-state index contributed by atoms with van der Waals surface area (Å²) in [7, 11) is 0. The molecule has 0 aromatic carbocycles. The lowest BCUT2D eigenvalue weighted by atomic mass is 9.67. The molecule has 0 amide bonds. The molecule has 3 aliphatic rings. The van der Waals surface area contributed by atoms with E-state index in [0.717, 1.165) is 5.57 Å². The van der Waals surface area contributed by atoms with Gasteiger partial charge < -0.3 is 18.9 Å². The Kier molecular flexibility index (Phi) is 5.37. The molecule has 3 rings (SSSR count). The van der Waals surface area contributed by atoms with Gasteiger partial charge in [-0.2, -0.15) is 0 Å². The Bertz CT molecular complexity index is 780. The summed E-state index contributed by atoms with van der Waals surface area (Å²) in [5.41, 5.74) is -1.04. The van der Waals surface area contributed by atoms with Gasteiger partial charge in [0.1, 0.15) is 29.6 Å². The molecule has 0 aromatic heterocycles. The fraction of sp³-hybridized carbons (Fsp3) is 0.783. The van der Waals surface area contributed by atoms with Crippen LogP contribution < -0.4 is 0 Å². The molecule has 0 spiro atoms. The second-order valence-corrected chi connectivity index (χ2v) is 11.1. The van der Waals surface area contributed by atoms with Gasteiger partial charge >= 0.3 is 17.9 Å². The van der Waals surface area contributed by atoms with Crippen LogP contribution in [0.25, 0.3) is 0 Å². The van der Waals surface area contributed by atoms with Crippen LogP contribution in [0.3, 0.4) is 0 Å². The number of rotatable bonds is 4. The zero-order chi connectivity index (χ0) is 22.8. The zero-order valence-corrected chi connectivity index (χ0v) is 19.4. The largest absolute Gasteiger partial charge is 0.460 e. The van der Waals surface area contributed by atoms with Crippen LogP contribution in [-0.2, 0) is 33.3 Å². The number of allylic oxidation sites excluding steroid dienone is 1. The van der Waals surface area contributed by atoms with Gasteiger partial charge in [-0.3, -0.25) is 14.4 Å². The Morgan fingerprint density at radius 2 is 1.57 bits per heavy atom. The number of hydrogen-bond donors (Lipinski definition) is 0. The van der Waals surface area contributed by atoms with Crippen molar-refractivity contribution < 1.29 is 33.3 Å². The highest BCUT2D eigenvalue weighted by molar-refractivity contribution is 5.87. The van der Waals surface area contributed by atoms with Crippen LogP contribution in [0.1, 0.15) is 62.3 Å². The summed E-state index contributed by atoms with van der Waals surface area (Å²) in [6, 6.07) is 0. The van der Waals surface area contributed by atoms with Crippen LogP contribution in [0, 0.1) is 22.7 Å². The summed E-state index contributed by atoms with van der Waals surface area (Å²) in [6.07, 6.45) is -0.979. The van der Waals surface area contributed by atoms with Crippen molar-refractivity contribution in [3.05, 3.63) is 11.6 Å². The van der Waals surface area contributed by atoms with Gasteiger partial charge in [-0.25, -0.2) is 0 Å². The molecule has 0 saturated carbocycles. The minimum atomic E-state index is -0.906. The van der Waals surface area contributed by atoms with E-state index >= 15 is 0 Å². The molecule has 3 aliphatic heterocycles. The van der Waals surface area contributed by atoms with E-state index in [1.807, 2.05) is 47.6 Å². The summed E-state index contributed by atoms with van der Waals surface area (Å²) in [6.45, 7) is 16.9. The minimum Gasteiger partial charge on any atom is -0.460 e. The second-order valence-electron chi connectivity index (χ2n) is 11.1. The number of esters is 3. The Labute approximate surface area is 178 Å². The van der Waals surface area contributed by atoms with Crippen LogP contribution in [-0.4, -0.2) is 47.9 Å². The molecule has 7 atom stereocenters.